The second kappa shape index (κ2) is 6.43. The molecule has 0 aliphatic carbocycles. The van der Waals surface area contributed by atoms with Gasteiger partial charge in [-0.15, -0.1) is 11.8 Å². The van der Waals surface area contributed by atoms with Crippen LogP contribution >= 0.6 is 27.7 Å². The molecular weight excluding hydrogens is 312 g/mol. The lowest BCUT2D eigenvalue weighted by Crippen LogP contribution is -2.29. The zero-order valence-corrected chi connectivity index (χ0v) is 12.4. The van der Waals surface area contributed by atoms with Crippen molar-refractivity contribution in [2.24, 2.45) is 5.84 Å². The average molecular weight is 327 g/mol. The first-order valence-corrected chi connectivity index (χ1v) is 7.37. The number of rotatable bonds is 5. The molecule has 1 aromatic heterocycles. The Kier molecular flexibility index (Phi) is 4.88. The van der Waals surface area contributed by atoms with Crippen molar-refractivity contribution in [2.75, 3.05) is 5.75 Å². The Morgan fingerprint density at radius 2 is 2.28 bits per heavy atom. The first kappa shape index (κ1) is 13.7. The summed E-state index contributed by atoms with van der Waals surface area (Å²) >= 11 is 5.20. The highest BCUT2D eigenvalue weighted by atomic mass is 79.9. The smallest absolute Gasteiger partial charge is 0.137 e. The fourth-order valence-corrected chi connectivity index (χ4v) is 3.17. The fourth-order valence-electron chi connectivity index (χ4n) is 1.64. The molecule has 0 spiro atoms. The monoisotopic (exact) mass is 326 g/mol. The number of furan rings is 1. The maximum Gasteiger partial charge on any atom is 0.137 e. The predicted octanol–water partition coefficient (Wildman–Crippen LogP) is 3.65. The van der Waals surface area contributed by atoms with Crippen molar-refractivity contribution in [1.82, 2.24) is 5.43 Å². The van der Waals surface area contributed by atoms with E-state index >= 15 is 0 Å². The Hall–Kier alpha value is -0.750. The molecule has 1 unspecified atom stereocenters. The van der Waals surface area contributed by atoms with E-state index in [2.05, 4.69) is 52.5 Å². The Labute approximate surface area is 119 Å². The summed E-state index contributed by atoms with van der Waals surface area (Å²) in [6, 6.07) is 10.3. The predicted molar refractivity (Wildman–Crippen MR) is 78.4 cm³/mol. The Balaban J connectivity index is 2.02. The van der Waals surface area contributed by atoms with Crippen LogP contribution in [0.4, 0.5) is 0 Å². The van der Waals surface area contributed by atoms with Gasteiger partial charge in [0.05, 0.1) is 16.8 Å². The molecule has 0 saturated carbocycles. The summed E-state index contributed by atoms with van der Waals surface area (Å²) < 4.78 is 6.37. The van der Waals surface area contributed by atoms with E-state index in [9.17, 15) is 0 Å². The van der Waals surface area contributed by atoms with Gasteiger partial charge in [-0.2, -0.15) is 0 Å². The standard InChI is InChI=1S/C13H15BrN2OS/c1-9-3-2-4-10(7-9)18-8-12(16-15)13-11(14)5-6-17-13/h2-7,12,16H,8,15H2,1H3. The van der Waals surface area contributed by atoms with Gasteiger partial charge in [0.1, 0.15) is 5.76 Å². The molecule has 0 aliphatic rings. The van der Waals surface area contributed by atoms with E-state index in [1.165, 1.54) is 10.5 Å². The highest BCUT2D eigenvalue weighted by Crippen LogP contribution is 2.29. The van der Waals surface area contributed by atoms with Gasteiger partial charge in [0.2, 0.25) is 0 Å². The molecule has 1 atom stereocenters. The number of hydrazine groups is 1. The molecule has 2 aromatic rings. The fraction of sp³-hybridized carbons (Fsp3) is 0.231. The summed E-state index contributed by atoms with van der Waals surface area (Å²) in [6.07, 6.45) is 1.65. The third kappa shape index (κ3) is 3.38. The molecule has 0 aliphatic heterocycles. The number of hydrogen-bond acceptors (Lipinski definition) is 4. The highest BCUT2D eigenvalue weighted by molar-refractivity contribution is 9.10. The maximum absolute atomic E-state index is 5.58. The third-order valence-electron chi connectivity index (χ3n) is 2.57. The minimum Gasteiger partial charge on any atom is -0.466 e. The van der Waals surface area contributed by atoms with Gasteiger partial charge in [0.25, 0.3) is 0 Å². The number of aryl methyl sites for hydroxylation is 1. The molecule has 96 valence electrons. The zero-order chi connectivity index (χ0) is 13.0. The molecule has 0 bridgehead atoms. The van der Waals surface area contributed by atoms with Crippen molar-refractivity contribution in [3.05, 3.63) is 52.4 Å². The number of nitrogens with one attached hydrogen (secondary N) is 1. The van der Waals surface area contributed by atoms with Crippen molar-refractivity contribution < 1.29 is 4.42 Å². The second-order valence-corrected chi connectivity index (χ2v) is 5.93. The molecule has 0 saturated heterocycles. The summed E-state index contributed by atoms with van der Waals surface area (Å²) in [7, 11) is 0. The van der Waals surface area contributed by atoms with Crippen LogP contribution in [0.2, 0.25) is 0 Å². The first-order valence-electron chi connectivity index (χ1n) is 5.59. The molecule has 1 aromatic carbocycles. The number of benzene rings is 1. The molecule has 3 nitrogen and oxygen atoms in total. The van der Waals surface area contributed by atoms with Gasteiger partial charge >= 0.3 is 0 Å². The van der Waals surface area contributed by atoms with Crippen LogP contribution in [0.25, 0.3) is 0 Å². The van der Waals surface area contributed by atoms with Crippen molar-refractivity contribution in [3.63, 3.8) is 0 Å². The van der Waals surface area contributed by atoms with Crippen molar-refractivity contribution in [3.8, 4) is 0 Å². The van der Waals surface area contributed by atoms with Gasteiger partial charge in [-0.05, 0) is 41.1 Å². The summed E-state index contributed by atoms with van der Waals surface area (Å²) in [5.74, 6) is 7.23. The molecule has 0 amide bonds. The van der Waals surface area contributed by atoms with Crippen LogP contribution < -0.4 is 11.3 Å². The lowest BCUT2D eigenvalue weighted by atomic mass is 10.2. The topological polar surface area (TPSA) is 51.2 Å². The van der Waals surface area contributed by atoms with Crippen molar-refractivity contribution in [2.45, 2.75) is 17.9 Å². The van der Waals surface area contributed by atoms with Crippen LogP contribution in [0.5, 0.6) is 0 Å². The summed E-state index contributed by atoms with van der Waals surface area (Å²) in [4.78, 5) is 1.23. The van der Waals surface area contributed by atoms with Crippen LogP contribution in [0.3, 0.4) is 0 Å². The van der Waals surface area contributed by atoms with Crippen LogP contribution in [-0.4, -0.2) is 5.75 Å². The van der Waals surface area contributed by atoms with Crippen LogP contribution in [0.1, 0.15) is 17.4 Å². The van der Waals surface area contributed by atoms with Gasteiger partial charge in [0, 0.05) is 10.6 Å². The summed E-state index contributed by atoms with van der Waals surface area (Å²) in [6.45, 7) is 2.09. The van der Waals surface area contributed by atoms with Crippen molar-refractivity contribution in [1.29, 1.82) is 0 Å². The van der Waals surface area contributed by atoms with E-state index in [-0.39, 0.29) is 6.04 Å². The van der Waals surface area contributed by atoms with Crippen molar-refractivity contribution >= 4 is 27.7 Å². The summed E-state index contributed by atoms with van der Waals surface area (Å²) in [5.41, 5.74) is 4.05. The number of halogens is 1. The van der Waals surface area contributed by atoms with E-state index in [0.717, 1.165) is 16.0 Å². The van der Waals surface area contributed by atoms with E-state index in [4.69, 9.17) is 10.3 Å². The largest absolute Gasteiger partial charge is 0.466 e. The lowest BCUT2D eigenvalue weighted by Gasteiger charge is -2.13. The quantitative estimate of drug-likeness (QED) is 0.500. The lowest BCUT2D eigenvalue weighted by molar-refractivity contribution is 0.438. The molecule has 2 rings (SSSR count). The van der Waals surface area contributed by atoms with Crippen LogP contribution in [-0.2, 0) is 0 Å². The first-order chi connectivity index (χ1) is 8.70. The van der Waals surface area contributed by atoms with Gasteiger partial charge in [-0.1, -0.05) is 17.7 Å². The average Bonchev–Trinajstić information content (AvgIpc) is 2.77. The SMILES string of the molecule is Cc1cccc(SCC(NN)c2occc2Br)c1. The molecule has 0 fully saturated rings. The highest BCUT2D eigenvalue weighted by Gasteiger charge is 2.16. The van der Waals surface area contributed by atoms with Crippen LogP contribution in [0, 0.1) is 6.92 Å². The number of nitrogens with two attached hydrogens (primary N) is 1. The van der Waals surface area contributed by atoms with E-state index in [1.54, 1.807) is 18.0 Å². The Morgan fingerprint density at radius 3 is 2.89 bits per heavy atom. The van der Waals surface area contributed by atoms with Gasteiger partial charge < -0.3 is 4.42 Å². The van der Waals surface area contributed by atoms with Gasteiger partial charge in [-0.25, -0.2) is 5.43 Å². The third-order valence-corrected chi connectivity index (χ3v) is 4.31. The van der Waals surface area contributed by atoms with Gasteiger partial charge in [-0.3, -0.25) is 5.84 Å². The Bertz CT molecular complexity index is 515. The maximum atomic E-state index is 5.58. The molecule has 1 heterocycles. The molecule has 18 heavy (non-hydrogen) atoms. The normalized spacial score (nSPS) is 12.6. The molecule has 5 heteroatoms. The van der Waals surface area contributed by atoms with E-state index in [0.29, 0.717) is 0 Å². The molecular formula is C13H15BrN2OS. The minimum atomic E-state index is -0.0140. The van der Waals surface area contributed by atoms with Crippen LogP contribution in [0.15, 0.2) is 50.4 Å². The molecule has 0 radical (unpaired) electrons. The Morgan fingerprint density at radius 1 is 1.44 bits per heavy atom. The second-order valence-electron chi connectivity index (χ2n) is 3.98. The number of thioether (sulfide) groups is 1. The van der Waals surface area contributed by atoms with E-state index in [1.807, 2.05) is 6.07 Å². The van der Waals surface area contributed by atoms with Gasteiger partial charge in [0.15, 0.2) is 0 Å². The van der Waals surface area contributed by atoms with E-state index < -0.39 is 0 Å². The minimum absolute atomic E-state index is 0.0140. The zero-order valence-electron chi connectivity index (χ0n) is 10.0. The summed E-state index contributed by atoms with van der Waals surface area (Å²) in [5, 5.41) is 0. The number of hydrogen-bond donors (Lipinski definition) is 2. The molecule has 3 N–H and O–H groups in total.